The highest BCUT2D eigenvalue weighted by atomic mass is 16.2. The number of rotatable bonds is 0. The molecule has 0 saturated heterocycles. The van der Waals surface area contributed by atoms with Gasteiger partial charge in [0, 0.05) is 11.6 Å². The van der Waals surface area contributed by atoms with Crippen molar-refractivity contribution in [2.24, 2.45) is 0 Å². The minimum atomic E-state index is -0.558. The van der Waals surface area contributed by atoms with Crippen molar-refractivity contribution >= 4 is 11.8 Å². The lowest BCUT2D eigenvalue weighted by Crippen LogP contribution is -2.21. The van der Waals surface area contributed by atoms with Gasteiger partial charge in [-0.15, -0.1) is 0 Å². The summed E-state index contributed by atoms with van der Waals surface area (Å²) in [7, 11) is 0. The average molecular weight is 113 g/mol. The van der Waals surface area contributed by atoms with Gasteiger partial charge in [0.05, 0.1) is 0 Å². The maximum absolute atomic E-state index is 10.6. The van der Waals surface area contributed by atoms with E-state index in [1.807, 2.05) is 0 Å². The van der Waals surface area contributed by atoms with Crippen LogP contribution in [-0.2, 0) is 9.59 Å². The van der Waals surface area contributed by atoms with Crippen LogP contribution in [0.3, 0.4) is 0 Å². The number of nitrogens with one attached hydrogen (secondary N) is 1. The van der Waals surface area contributed by atoms with Crippen LogP contribution < -0.4 is 5.31 Å². The van der Waals surface area contributed by atoms with Crippen molar-refractivity contribution in [3.05, 3.63) is 11.6 Å². The normalized spacial score (nSPS) is 21.4. The van der Waals surface area contributed by atoms with Crippen LogP contribution in [0.4, 0.5) is 0 Å². The zero-order chi connectivity index (χ0) is 7.02. The maximum atomic E-state index is 10.6. The molecule has 1 aliphatic rings. The molecule has 1 rings (SSSR count). The molecule has 1 N–H and O–H groups in total. The zero-order valence-corrected chi connectivity index (χ0v) is 4.34. The Labute approximate surface area is 47.8 Å². The van der Waals surface area contributed by atoms with Crippen molar-refractivity contribution in [2.75, 3.05) is 0 Å². The molecular weight excluding hydrogens is 106 g/mol. The quantitative estimate of drug-likeness (QED) is 0.434. The Kier molecular flexibility index (Phi) is 0.687. The molecule has 0 aromatic carbocycles. The van der Waals surface area contributed by atoms with Gasteiger partial charge in [-0.1, -0.05) is 0 Å². The summed E-state index contributed by atoms with van der Waals surface area (Å²) in [5, 5.41) is 0.343. The maximum Gasteiger partial charge on any atom is 0.253 e. The largest absolute Gasteiger partial charge is 0.289 e. The van der Waals surface area contributed by atoms with Crippen molar-refractivity contribution in [1.82, 2.24) is 5.31 Å². The lowest BCUT2D eigenvalue weighted by atomic mass is 10.3. The molecule has 0 aliphatic carbocycles. The second-order valence-corrected chi connectivity index (χ2v) is 1.58. The first-order chi connectivity index (χ1) is 4.13. The lowest BCUT2D eigenvalue weighted by Gasteiger charge is -1.84. The third kappa shape index (κ3) is 0.621. The van der Waals surface area contributed by atoms with E-state index < -0.39 is 11.8 Å². The van der Waals surface area contributed by atoms with Gasteiger partial charge in [0.1, 0.15) is 0 Å². The molecule has 42 valence electrons. The molecule has 0 unspecified atom stereocenters. The van der Waals surface area contributed by atoms with Gasteiger partial charge < -0.3 is 0 Å². The van der Waals surface area contributed by atoms with Gasteiger partial charge in [0.25, 0.3) is 11.8 Å². The van der Waals surface area contributed by atoms with Gasteiger partial charge >= 0.3 is 0 Å². The molecule has 0 aromatic heterocycles. The molecular formula is C5H5NO2. The highest BCUT2D eigenvalue weighted by molar-refractivity contribution is 6.15. The van der Waals surface area contributed by atoms with Gasteiger partial charge in [0.15, 0.2) is 1.41 Å². The van der Waals surface area contributed by atoms with E-state index in [1.54, 1.807) is 0 Å². The van der Waals surface area contributed by atoms with Gasteiger partial charge in [-0.05, 0) is 6.92 Å². The first kappa shape index (κ1) is 3.83. The lowest BCUT2D eigenvalue weighted by molar-refractivity contribution is -0.123. The second kappa shape index (κ2) is 1.43. The first-order valence-corrected chi connectivity index (χ1v) is 2.18. The van der Waals surface area contributed by atoms with Crippen LogP contribution in [0.1, 0.15) is 6.92 Å². The molecule has 0 fully saturated rings. The highest BCUT2D eigenvalue weighted by Crippen LogP contribution is 1.97. The third-order valence-electron chi connectivity index (χ3n) is 0.889. The summed E-state index contributed by atoms with van der Waals surface area (Å²) in [6.45, 7) is 1.51. The number of hydrogen-bond donors (Lipinski definition) is 1. The Balaban J connectivity index is 2.95. The van der Waals surface area contributed by atoms with Gasteiger partial charge in [-0.25, -0.2) is 0 Å². The fourth-order valence-corrected chi connectivity index (χ4v) is 0.467. The molecule has 3 heteroatoms. The van der Waals surface area contributed by atoms with Crippen LogP contribution in [0.5, 0.6) is 0 Å². The molecule has 1 aliphatic heterocycles. The van der Waals surface area contributed by atoms with Crippen molar-refractivity contribution in [1.29, 1.82) is 0 Å². The topological polar surface area (TPSA) is 46.2 Å². The summed E-state index contributed by atoms with van der Waals surface area (Å²) in [5.41, 5.74) is 0.329. The molecule has 2 amide bonds. The van der Waals surface area contributed by atoms with E-state index in [9.17, 15) is 9.59 Å². The Hall–Kier alpha value is -1.12. The van der Waals surface area contributed by atoms with Gasteiger partial charge in [-0.2, -0.15) is 0 Å². The minimum Gasteiger partial charge on any atom is -0.289 e. The van der Waals surface area contributed by atoms with Crippen molar-refractivity contribution < 1.29 is 11.0 Å². The molecule has 3 nitrogen and oxygen atoms in total. The summed E-state index contributed by atoms with van der Waals surface area (Å²) < 4.78 is 6.76. The summed E-state index contributed by atoms with van der Waals surface area (Å²) in [6.07, 6.45) is 1.15. The van der Waals surface area contributed by atoms with Crippen LogP contribution in [0.2, 0.25) is 1.41 Å². The monoisotopic (exact) mass is 113 g/mol. The van der Waals surface area contributed by atoms with Gasteiger partial charge in [0.2, 0.25) is 0 Å². The van der Waals surface area contributed by atoms with Crippen LogP contribution in [-0.4, -0.2) is 11.8 Å². The van der Waals surface area contributed by atoms with E-state index in [-0.39, 0.29) is 0 Å². The van der Waals surface area contributed by atoms with Crippen LogP contribution >= 0.6 is 0 Å². The van der Waals surface area contributed by atoms with Crippen molar-refractivity contribution in [2.45, 2.75) is 6.92 Å². The number of amides is 2. The van der Waals surface area contributed by atoms with Crippen molar-refractivity contribution in [3.8, 4) is 0 Å². The summed E-state index contributed by atoms with van der Waals surface area (Å²) in [5.74, 6) is -1.09. The predicted molar refractivity (Wildman–Crippen MR) is 26.9 cm³/mol. The second-order valence-electron chi connectivity index (χ2n) is 1.58. The van der Waals surface area contributed by atoms with E-state index in [1.165, 1.54) is 6.92 Å². The Bertz CT molecular complexity index is 209. The minimum absolute atomic E-state index is 0.329. The van der Waals surface area contributed by atoms with Gasteiger partial charge in [-0.3, -0.25) is 14.9 Å². The molecule has 0 atom stereocenters. The average Bonchev–Trinajstić information content (AvgIpc) is 1.98. The molecule has 0 radical (unpaired) electrons. The van der Waals surface area contributed by atoms with E-state index in [0.717, 1.165) is 6.08 Å². The van der Waals surface area contributed by atoms with Crippen LogP contribution in [0.25, 0.3) is 0 Å². The molecule has 8 heavy (non-hydrogen) atoms. The number of carbonyl (C=O) groups is 2. The molecule has 0 aromatic rings. The fourth-order valence-electron chi connectivity index (χ4n) is 0.467. The highest BCUT2D eigenvalue weighted by Gasteiger charge is 2.15. The van der Waals surface area contributed by atoms with E-state index in [0.29, 0.717) is 10.9 Å². The van der Waals surface area contributed by atoms with E-state index in [4.69, 9.17) is 1.41 Å². The Morgan fingerprint density at radius 2 is 2.38 bits per heavy atom. The van der Waals surface area contributed by atoms with E-state index >= 15 is 0 Å². The summed E-state index contributed by atoms with van der Waals surface area (Å²) in [6, 6.07) is 0. The molecule has 0 bridgehead atoms. The molecule has 1 heterocycles. The number of hydrogen-bond acceptors (Lipinski definition) is 2. The predicted octanol–water partition coefficient (Wildman–Crippen LogP) is -0.411. The molecule has 0 saturated carbocycles. The fraction of sp³-hybridized carbons (Fsp3) is 0.200. The van der Waals surface area contributed by atoms with Crippen LogP contribution in [0.15, 0.2) is 11.6 Å². The summed E-state index contributed by atoms with van der Waals surface area (Å²) in [4.78, 5) is 21.0. The zero-order valence-electron chi connectivity index (χ0n) is 5.34. The Morgan fingerprint density at radius 3 is 2.50 bits per heavy atom. The number of imide groups is 1. The first-order valence-electron chi connectivity index (χ1n) is 2.63. The molecule has 0 spiro atoms. The Morgan fingerprint density at radius 1 is 1.75 bits per heavy atom. The SMILES string of the molecule is [3H]N1C(=O)C=C(C)C1=O. The van der Waals surface area contributed by atoms with Crippen LogP contribution in [0, 0.1) is 0 Å². The number of carbonyl (C=O) groups excluding carboxylic acids is 2. The smallest absolute Gasteiger partial charge is 0.253 e. The summed E-state index contributed by atoms with van der Waals surface area (Å²) >= 11 is 0. The van der Waals surface area contributed by atoms with E-state index in [2.05, 4.69) is 0 Å². The standard InChI is InChI=1S/C5H5NO2/c1-3-2-4(7)6-5(3)8/h2H,1H3,(H,6,7,8)/i/hT. The van der Waals surface area contributed by atoms with Crippen molar-refractivity contribution in [3.63, 3.8) is 0 Å². The third-order valence-corrected chi connectivity index (χ3v) is 0.889.